The van der Waals surface area contributed by atoms with Crippen molar-refractivity contribution in [1.82, 2.24) is 24.4 Å². The highest BCUT2D eigenvalue weighted by molar-refractivity contribution is 9.09. The Balaban J connectivity index is 1.47. The van der Waals surface area contributed by atoms with E-state index in [0.717, 1.165) is 10.4 Å². The molecule has 0 amide bonds. The average Bonchev–Trinajstić information content (AvgIpc) is 3.49. The minimum atomic E-state index is -2.81. The molecule has 41 heavy (non-hydrogen) atoms. The summed E-state index contributed by atoms with van der Waals surface area (Å²) in [6.45, 7) is 6.90. The summed E-state index contributed by atoms with van der Waals surface area (Å²) in [5.41, 5.74) is -0.00574. The lowest BCUT2D eigenvalue weighted by atomic mass is 10.2. The van der Waals surface area contributed by atoms with E-state index in [0.29, 0.717) is 0 Å². The predicted octanol–water partition coefficient (Wildman–Crippen LogP) is 2.94. The second-order valence-electron chi connectivity index (χ2n) is 11.4. The number of nitrogens with one attached hydrogen (secondary N) is 1. The van der Waals surface area contributed by atoms with Crippen LogP contribution < -0.4 is 15.9 Å². The zero-order chi connectivity index (χ0) is 29.4. The Morgan fingerprint density at radius 1 is 1.15 bits per heavy atom. The quantitative estimate of drug-likeness (QED) is 0.132. The summed E-state index contributed by atoms with van der Waals surface area (Å²) in [4.78, 5) is 29.5. The lowest BCUT2D eigenvalue weighted by Crippen LogP contribution is -2.67. The van der Waals surface area contributed by atoms with E-state index in [1.165, 1.54) is 6.33 Å². The fourth-order valence-electron chi connectivity index (χ4n) is 5.37. The number of aliphatic hydroxyl groups is 1. The van der Waals surface area contributed by atoms with Crippen LogP contribution in [0.2, 0.25) is 5.04 Å². The SMILES string of the molecule is CN(C)C=Nc1nc2c(ncn2[C@@H]2O[C@H](CO[Si](c3ccccc3)(c3ccccc3)C(C)(C)C)[C@H](Br)[C@H]2O)c(=O)[nH]1. The van der Waals surface area contributed by atoms with Crippen LogP contribution in [0.25, 0.3) is 11.2 Å². The summed E-state index contributed by atoms with van der Waals surface area (Å²) in [5, 5.41) is 13.4. The number of aliphatic hydroxyl groups excluding tert-OH is 1. The lowest BCUT2D eigenvalue weighted by molar-refractivity contribution is -0.0466. The number of hydrogen-bond donors (Lipinski definition) is 2. The molecule has 0 saturated carbocycles. The fraction of sp³-hybridized carbons (Fsp3) is 0.379. The molecule has 2 aromatic carbocycles. The Morgan fingerprint density at radius 2 is 1.76 bits per heavy atom. The first-order valence-electron chi connectivity index (χ1n) is 13.4. The Labute approximate surface area is 248 Å². The summed E-state index contributed by atoms with van der Waals surface area (Å²) >= 11 is 3.67. The van der Waals surface area contributed by atoms with Gasteiger partial charge in [-0.05, 0) is 15.4 Å². The molecule has 4 aromatic rings. The number of aromatic amines is 1. The normalized spacial score (nSPS) is 21.6. The van der Waals surface area contributed by atoms with Gasteiger partial charge in [-0.3, -0.25) is 14.3 Å². The van der Waals surface area contributed by atoms with Gasteiger partial charge < -0.3 is 19.2 Å². The number of aromatic nitrogens is 4. The van der Waals surface area contributed by atoms with Crippen LogP contribution in [-0.4, -0.2) is 81.9 Å². The standard InChI is InChI=1S/C29H35BrN6O4Si/c1-29(2,3)41(19-12-8-6-9-13-19,20-14-10-7-11-15-20)39-16-21-22(30)24(37)27(40-21)36-18-31-23-25(36)33-28(34-26(23)38)32-17-35(4)5/h6-15,17-18,21-22,24,27,37H,16H2,1-5H3,(H,33,34,38)/t21-,22+,24-,27-/m1/s1. The zero-order valence-corrected chi connectivity index (χ0v) is 26.3. The molecule has 12 heteroatoms. The summed E-state index contributed by atoms with van der Waals surface area (Å²) in [6, 6.07) is 20.8. The van der Waals surface area contributed by atoms with E-state index < -0.39 is 37.1 Å². The van der Waals surface area contributed by atoms with E-state index in [2.05, 4.69) is 80.9 Å². The van der Waals surface area contributed by atoms with Crippen molar-refractivity contribution in [2.45, 2.75) is 49.1 Å². The molecule has 0 spiro atoms. The maximum absolute atomic E-state index is 12.7. The van der Waals surface area contributed by atoms with E-state index in [1.54, 1.807) is 15.8 Å². The average molecular weight is 640 g/mol. The Kier molecular flexibility index (Phi) is 8.31. The van der Waals surface area contributed by atoms with E-state index in [-0.39, 0.29) is 28.8 Å². The van der Waals surface area contributed by atoms with Gasteiger partial charge in [-0.2, -0.15) is 4.98 Å². The smallest absolute Gasteiger partial charge is 0.280 e. The number of imidazole rings is 1. The van der Waals surface area contributed by atoms with E-state index >= 15 is 0 Å². The number of ether oxygens (including phenoxy) is 1. The van der Waals surface area contributed by atoms with Gasteiger partial charge in [0.1, 0.15) is 6.10 Å². The van der Waals surface area contributed by atoms with Crippen LogP contribution in [0.4, 0.5) is 5.95 Å². The summed E-state index contributed by atoms with van der Waals surface area (Å²) < 4.78 is 15.1. The molecular weight excluding hydrogens is 604 g/mol. The van der Waals surface area contributed by atoms with Crippen molar-refractivity contribution < 1.29 is 14.3 Å². The van der Waals surface area contributed by atoms with Crippen molar-refractivity contribution in [3.8, 4) is 0 Å². The molecule has 0 aliphatic carbocycles. The van der Waals surface area contributed by atoms with Crippen LogP contribution in [-0.2, 0) is 9.16 Å². The first kappa shape index (κ1) is 29.3. The highest BCUT2D eigenvalue weighted by Crippen LogP contribution is 2.39. The molecule has 2 aromatic heterocycles. The topological polar surface area (TPSA) is 118 Å². The molecule has 0 radical (unpaired) electrons. The number of benzene rings is 2. The molecule has 1 aliphatic heterocycles. The molecule has 5 rings (SSSR count). The van der Waals surface area contributed by atoms with Gasteiger partial charge >= 0.3 is 0 Å². The van der Waals surface area contributed by atoms with Crippen LogP contribution in [0.3, 0.4) is 0 Å². The van der Waals surface area contributed by atoms with Crippen LogP contribution in [0.1, 0.15) is 27.0 Å². The van der Waals surface area contributed by atoms with Crippen molar-refractivity contribution in [2.24, 2.45) is 4.99 Å². The second-order valence-corrected chi connectivity index (χ2v) is 16.8. The first-order chi connectivity index (χ1) is 19.5. The van der Waals surface area contributed by atoms with Crippen molar-refractivity contribution >= 4 is 58.1 Å². The molecule has 0 bridgehead atoms. The first-order valence-corrected chi connectivity index (χ1v) is 16.3. The number of fused-ring (bicyclic) bond motifs is 1. The molecule has 2 N–H and O–H groups in total. The van der Waals surface area contributed by atoms with Crippen LogP contribution in [0, 0.1) is 0 Å². The fourth-order valence-corrected chi connectivity index (χ4v) is 10.5. The second kappa shape index (κ2) is 11.6. The van der Waals surface area contributed by atoms with Crippen molar-refractivity contribution in [3.05, 3.63) is 77.3 Å². The van der Waals surface area contributed by atoms with Crippen LogP contribution in [0.5, 0.6) is 0 Å². The number of aliphatic imine (C=N–C) groups is 1. The Morgan fingerprint density at radius 3 is 2.32 bits per heavy atom. The number of H-pyrrole nitrogens is 1. The monoisotopic (exact) mass is 638 g/mol. The molecule has 0 unspecified atom stereocenters. The lowest BCUT2D eigenvalue weighted by Gasteiger charge is -2.43. The van der Waals surface area contributed by atoms with Gasteiger partial charge in [0.05, 0.1) is 30.2 Å². The number of rotatable bonds is 8. The molecule has 10 nitrogen and oxygen atoms in total. The molecule has 216 valence electrons. The molecular formula is C29H35BrN6O4Si. The Hall–Kier alpha value is -3.16. The summed E-state index contributed by atoms with van der Waals surface area (Å²) in [6.07, 6.45) is 0.735. The van der Waals surface area contributed by atoms with Gasteiger partial charge in [0.15, 0.2) is 17.4 Å². The third-order valence-electron chi connectivity index (χ3n) is 7.27. The predicted molar refractivity (Wildman–Crippen MR) is 166 cm³/mol. The minimum Gasteiger partial charge on any atom is -0.405 e. The van der Waals surface area contributed by atoms with Crippen molar-refractivity contribution in [3.63, 3.8) is 0 Å². The van der Waals surface area contributed by atoms with Gasteiger partial charge in [0.25, 0.3) is 13.9 Å². The maximum Gasteiger partial charge on any atom is 0.280 e. The van der Waals surface area contributed by atoms with Gasteiger partial charge in [0, 0.05) is 14.1 Å². The van der Waals surface area contributed by atoms with Crippen LogP contribution in [0.15, 0.2) is 76.8 Å². The van der Waals surface area contributed by atoms with Gasteiger partial charge in [-0.25, -0.2) is 9.98 Å². The molecule has 1 saturated heterocycles. The molecule has 3 heterocycles. The van der Waals surface area contributed by atoms with Gasteiger partial charge in [-0.15, -0.1) is 0 Å². The number of nitrogens with zero attached hydrogens (tertiary/aromatic N) is 5. The molecule has 1 aliphatic rings. The van der Waals surface area contributed by atoms with Crippen LogP contribution >= 0.6 is 15.9 Å². The van der Waals surface area contributed by atoms with E-state index in [9.17, 15) is 9.90 Å². The van der Waals surface area contributed by atoms with E-state index in [4.69, 9.17) is 9.16 Å². The highest BCUT2D eigenvalue weighted by Gasteiger charge is 2.52. The third-order valence-corrected chi connectivity index (χ3v) is 13.4. The van der Waals surface area contributed by atoms with Gasteiger partial charge in [-0.1, -0.05) is 97.4 Å². The summed E-state index contributed by atoms with van der Waals surface area (Å²) in [7, 11) is 0.822. The van der Waals surface area contributed by atoms with Crippen molar-refractivity contribution in [1.29, 1.82) is 0 Å². The maximum atomic E-state index is 12.7. The largest absolute Gasteiger partial charge is 0.405 e. The number of hydrogen-bond acceptors (Lipinski definition) is 7. The number of alkyl halides is 1. The number of halogens is 1. The molecule has 4 atom stereocenters. The Bertz CT molecular complexity index is 1530. The van der Waals surface area contributed by atoms with Gasteiger partial charge in [0.2, 0.25) is 5.95 Å². The zero-order valence-electron chi connectivity index (χ0n) is 23.7. The highest BCUT2D eigenvalue weighted by atomic mass is 79.9. The van der Waals surface area contributed by atoms with E-state index in [1.807, 2.05) is 50.5 Å². The third kappa shape index (κ3) is 5.54. The molecule has 1 fully saturated rings. The minimum absolute atomic E-state index is 0.132. The summed E-state index contributed by atoms with van der Waals surface area (Å²) in [5.74, 6) is 0.132. The van der Waals surface area contributed by atoms with Crippen molar-refractivity contribution in [2.75, 3.05) is 20.7 Å².